The highest BCUT2D eigenvalue weighted by molar-refractivity contribution is 7.80. The van der Waals surface area contributed by atoms with Crippen molar-refractivity contribution in [2.24, 2.45) is 17.1 Å². The largest absolute Gasteiger partial charge is 0.392 e. The molecule has 3 N–H and O–H groups in total. The summed E-state index contributed by atoms with van der Waals surface area (Å²) in [5, 5.41) is 2.83. The van der Waals surface area contributed by atoms with Crippen LogP contribution < -0.4 is 11.1 Å². The Hall–Kier alpha value is -1.49. The fraction of sp³-hybridized carbons (Fsp3) is 0.467. The van der Waals surface area contributed by atoms with Crippen molar-refractivity contribution in [3.05, 3.63) is 35.6 Å². The first-order valence-corrected chi connectivity index (χ1v) is 7.18. The number of carbonyl (C=O) groups is 1. The molecule has 1 aliphatic carbocycles. The molecule has 20 heavy (non-hydrogen) atoms. The molecule has 1 aromatic rings. The lowest BCUT2D eigenvalue weighted by Crippen LogP contribution is -2.56. The SMILES string of the molecule is CC1CC(C(=O)NCCc2ccccc2F)(C(N)=S)C1. The highest BCUT2D eigenvalue weighted by Crippen LogP contribution is 2.45. The monoisotopic (exact) mass is 294 g/mol. The molecule has 0 saturated heterocycles. The maximum atomic E-state index is 13.5. The summed E-state index contributed by atoms with van der Waals surface area (Å²) in [6.45, 7) is 2.46. The van der Waals surface area contributed by atoms with Gasteiger partial charge in [0.2, 0.25) is 5.91 Å². The van der Waals surface area contributed by atoms with E-state index in [2.05, 4.69) is 12.2 Å². The molecule has 0 atom stereocenters. The number of hydrogen-bond donors (Lipinski definition) is 2. The molecular formula is C15H19FN2OS. The Kier molecular flexibility index (Phi) is 4.38. The number of thiocarbonyl (C=S) groups is 1. The van der Waals surface area contributed by atoms with Gasteiger partial charge in [0.05, 0.1) is 10.4 Å². The van der Waals surface area contributed by atoms with E-state index in [1.54, 1.807) is 18.2 Å². The van der Waals surface area contributed by atoms with Gasteiger partial charge in [-0.2, -0.15) is 0 Å². The van der Waals surface area contributed by atoms with Gasteiger partial charge in [-0.05, 0) is 36.8 Å². The number of nitrogens with one attached hydrogen (secondary N) is 1. The molecule has 0 bridgehead atoms. The van der Waals surface area contributed by atoms with Crippen molar-refractivity contribution < 1.29 is 9.18 Å². The molecule has 2 rings (SSSR count). The third-order valence-electron chi connectivity index (χ3n) is 3.94. The fourth-order valence-corrected chi connectivity index (χ4v) is 3.07. The average molecular weight is 294 g/mol. The van der Waals surface area contributed by atoms with E-state index in [0.29, 0.717) is 37.3 Å². The highest BCUT2D eigenvalue weighted by Gasteiger charge is 2.50. The molecule has 1 saturated carbocycles. The quantitative estimate of drug-likeness (QED) is 0.819. The normalized spacial score (nSPS) is 24.8. The smallest absolute Gasteiger partial charge is 0.233 e. The number of hydrogen-bond acceptors (Lipinski definition) is 2. The Bertz CT molecular complexity index is 526. The van der Waals surface area contributed by atoms with Gasteiger partial charge in [0.1, 0.15) is 5.82 Å². The van der Waals surface area contributed by atoms with E-state index in [9.17, 15) is 9.18 Å². The summed E-state index contributed by atoms with van der Waals surface area (Å²) >= 11 is 5.03. The van der Waals surface area contributed by atoms with Gasteiger partial charge < -0.3 is 11.1 Å². The minimum Gasteiger partial charge on any atom is -0.392 e. The molecule has 1 amide bonds. The van der Waals surface area contributed by atoms with Gasteiger partial charge in [0.15, 0.2) is 0 Å². The molecule has 1 aliphatic rings. The van der Waals surface area contributed by atoms with E-state index >= 15 is 0 Å². The Morgan fingerprint density at radius 1 is 1.50 bits per heavy atom. The summed E-state index contributed by atoms with van der Waals surface area (Å²) in [5.74, 6) is 0.0938. The minimum absolute atomic E-state index is 0.126. The van der Waals surface area contributed by atoms with Crippen molar-refractivity contribution in [2.75, 3.05) is 6.54 Å². The van der Waals surface area contributed by atoms with Crippen LogP contribution in [-0.4, -0.2) is 17.4 Å². The van der Waals surface area contributed by atoms with Gasteiger partial charge >= 0.3 is 0 Å². The van der Waals surface area contributed by atoms with Crippen molar-refractivity contribution >= 4 is 23.1 Å². The first-order chi connectivity index (χ1) is 9.45. The third-order valence-corrected chi connectivity index (χ3v) is 4.33. The fourth-order valence-electron chi connectivity index (χ4n) is 2.81. The van der Waals surface area contributed by atoms with Crippen LogP contribution in [0.5, 0.6) is 0 Å². The van der Waals surface area contributed by atoms with Crippen LogP contribution in [0, 0.1) is 17.2 Å². The number of rotatable bonds is 5. The molecule has 1 fully saturated rings. The summed E-state index contributed by atoms with van der Waals surface area (Å²) in [6, 6.07) is 6.57. The van der Waals surface area contributed by atoms with E-state index in [0.717, 1.165) is 0 Å². The molecule has 1 aromatic carbocycles. The van der Waals surface area contributed by atoms with Crippen molar-refractivity contribution in [1.82, 2.24) is 5.32 Å². The Morgan fingerprint density at radius 3 is 2.70 bits per heavy atom. The van der Waals surface area contributed by atoms with Gasteiger partial charge in [-0.15, -0.1) is 0 Å². The van der Waals surface area contributed by atoms with E-state index in [-0.39, 0.29) is 16.7 Å². The van der Waals surface area contributed by atoms with Crippen LogP contribution in [-0.2, 0) is 11.2 Å². The Balaban J connectivity index is 1.90. The number of nitrogens with two attached hydrogens (primary N) is 1. The first kappa shape index (κ1) is 14.9. The number of amides is 1. The van der Waals surface area contributed by atoms with Crippen LogP contribution in [0.15, 0.2) is 24.3 Å². The maximum Gasteiger partial charge on any atom is 0.233 e. The molecule has 0 heterocycles. The number of carbonyl (C=O) groups excluding carboxylic acids is 1. The lowest BCUT2D eigenvalue weighted by molar-refractivity contribution is -0.132. The van der Waals surface area contributed by atoms with Crippen LogP contribution in [0.4, 0.5) is 4.39 Å². The molecule has 0 radical (unpaired) electrons. The summed E-state index contributed by atoms with van der Waals surface area (Å²) in [6.07, 6.45) is 1.86. The van der Waals surface area contributed by atoms with Gasteiger partial charge in [0.25, 0.3) is 0 Å². The van der Waals surface area contributed by atoms with E-state index in [1.165, 1.54) is 6.07 Å². The zero-order valence-corrected chi connectivity index (χ0v) is 12.3. The van der Waals surface area contributed by atoms with Crippen molar-refractivity contribution in [2.45, 2.75) is 26.2 Å². The highest BCUT2D eigenvalue weighted by atomic mass is 32.1. The number of halogens is 1. The zero-order valence-electron chi connectivity index (χ0n) is 11.5. The second-order valence-corrected chi connectivity index (χ2v) is 6.00. The second-order valence-electron chi connectivity index (χ2n) is 5.56. The van der Waals surface area contributed by atoms with Crippen LogP contribution in [0.2, 0.25) is 0 Å². The van der Waals surface area contributed by atoms with Crippen LogP contribution in [0.1, 0.15) is 25.3 Å². The lowest BCUT2D eigenvalue weighted by atomic mass is 9.62. The average Bonchev–Trinajstić information content (AvgIpc) is 2.36. The van der Waals surface area contributed by atoms with Gasteiger partial charge in [-0.3, -0.25) is 4.79 Å². The third kappa shape index (κ3) is 2.82. The predicted octanol–water partition coefficient (Wildman–Crippen LogP) is 2.19. The summed E-state index contributed by atoms with van der Waals surface area (Å²) < 4.78 is 13.5. The summed E-state index contributed by atoms with van der Waals surface area (Å²) in [7, 11) is 0. The summed E-state index contributed by atoms with van der Waals surface area (Å²) in [5.41, 5.74) is 5.62. The Labute approximate surface area is 123 Å². The van der Waals surface area contributed by atoms with Crippen molar-refractivity contribution in [3.8, 4) is 0 Å². The molecule has 3 nitrogen and oxygen atoms in total. The maximum absolute atomic E-state index is 13.5. The zero-order chi connectivity index (χ0) is 14.8. The molecule has 0 aliphatic heterocycles. The van der Waals surface area contributed by atoms with Crippen molar-refractivity contribution in [1.29, 1.82) is 0 Å². The van der Waals surface area contributed by atoms with E-state index in [1.807, 2.05) is 0 Å². The Morgan fingerprint density at radius 2 is 2.15 bits per heavy atom. The molecule has 108 valence electrons. The topological polar surface area (TPSA) is 55.1 Å². The van der Waals surface area contributed by atoms with Gasteiger partial charge in [-0.1, -0.05) is 37.3 Å². The predicted molar refractivity (Wildman–Crippen MR) is 80.7 cm³/mol. The van der Waals surface area contributed by atoms with E-state index < -0.39 is 5.41 Å². The van der Waals surface area contributed by atoms with Crippen molar-refractivity contribution in [3.63, 3.8) is 0 Å². The molecular weight excluding hydrogens is 275 g/mol. The van der Waals surface area contributed by atoms with Crippen LogP contribution >= 0.6 is 12.2 Å². The first-order valence-electron chi connectivity index (χ1n) is 6.77. The van der Waals surface area contributed by atoms with E-state index in [4.69, 9.17) is 18.0 Å². The second kappa shape index (κ2) is 5.87. The lowest BCUT2D eigenvalue weighted by Gasteiger charge is -2.44. The van der Waals surface area contributed by atoms with Crippen LogP contribution in [0.25, 0.3) is 0 Å². The van der Waals surface area contributed by atoms with Crippen LogP contribution in [0.3, 0.4) is 0 Å². The standard InChI is InChI=1S/C15H19FN2OS/c1-10-8-15(9-10,13(17)20)14(19)18-7-6-11-4-2-3-5-12(11)16/h2-5,10H,6-9H2,1H3,(H2,17,20)(H,18,19). The van der Waals surface area contributed by atoms with Gasteiger partial charge in [-0.25, -0.2) is 4.39 Å². The molecule has 0 unspecified atom stereocenters. The van der Waals surface area contributed by atoms with Gasteiger partial charge in [0, 0.05) is 6.54 Å². The molecule has 0 spiro atoms. The minimum atomic E-state index is -0.690. The summed E-state index contributed by atoms with van der Waals surface area (Å²) in [4.78, 5) is 12.5. The molecule has 0 aromatic heterocycles. The number of benzene rings is 1. The molecule has 5 heteroatoms.